The van der Waals surface area contributed by atoms with Gasteiger partial charge in [0.05, 0.1) is 15.5 Å². The highest BCUT2D eigenvalue weighted by Gasteiger charge is 2.16. The molecule has 19 heavy (non-hydrogen) atoms. The molecule has 2 N–H and O–H groups in total. The standard InChI is InChI=1S/C14H11Br2N3/c1-7-6-10-13(11(16)12(7)17)19-14(18-10)8-2-4-9(15)5-3-8/h2-6,14H,17H2,1H3/t14-/m1/s1. The predicted molar refractivity (Wildman–Crippen MR) is 82.5 cm³/mol. The molecule has 5 heteroatoms. The average molecular weight is 381 g/mol. The molecule has 0 unspecified atom stereocenters. The maximum Gasteiger partial charge on any atom is 0.166 e. The molecule has 1 atom stereocenters. The fourth-order valence-corrected chi connectivity index (χ4v) is 2.93. The fraction of sp³-hybridized carbons (Fsp3) is 0.143. The van der Waals surface area contributed by atoms with Crippen molar-refractivity contribution < 1.29 is 0 Å². The second kappa shape index (κ2) is 4.72. The summed E-state index contributed by atoms with van der Waals surface area (Å²) in [4.78, 5) is 9.29. The highest BCUT2D eigenvalue weighted by molar-refractivity contribution is 9.10. The zero-order valence-electron chi connectivity index (χ0n) is 10.2. The number of aryl methyl sites for hydroxylation is 1. The minimum absolute atomic E-state index is 0.180. The monoisotopic (exact) mass is 379 g/mol. The Morgan fingerprint density at radius 1 is 1.11 bits per heavy atom. The molecule has 1 heterocycles. The lowest BCUT2D eigenvalue weighted by molar-refractivity contribution is 0.770. The number of anilines is 1. The van der Waals surface area contributed by atoms with E-state index in [1.165, 1.54) is 0 Å². The van der Waals surface area contributed by atoms with E-state index in [-0.39, 0.29) is 6.17 Å². The van der Waals surface area contributed by atoms with Crippen LogP contribution in [-0.4, -0.2) is 0 Å². The van der Waals surface area contributed by atoms with Gasteiger partial charge in [0.1, 0.15) is 5.36 Å². The largest absolute Gasteiger partial charge is 0.398 e. The molecule has 3 rings (SSSR count). The summed E-state index contributed by atoms with van der Waals surface area (Å²) >= 11 is 6.94. The van der Waals surface area contributed by atoms with Crippen molar-refractivity contribution >= 4 is 37.5 Å². The summed E-state index contributed by atoms with van der Waals surface area (Å²) in [6.07, 6.45) is -0.180. The molecule has 1 aliphatic rings. The Labute approximate surface area is 127 Å². The molecule has 1 aliphatic heterocycles. The molecule has 0 spiro atoms. The molecule has 0 radical (unpaired) electrons. The third-order valence-corrected chi connectivity index (χ3v) is 4.48. The lowest BCUT2D eigenvalue weighted by Crippen LogP contribution is -2.24. The van der Waals surface area contributed by atoms with E-state index in [0.29, 0.717) is 0 Å². The quantitative estimate of drug-likeness (QED) is 0.759. The van der Waals surface area contributed by atoms with Crippen molar-refractivity contribution in [3.8, 4) is 0 Å². The van der Waals surface area contributed by atoms with Gasteiger partial charge < -0.3 is 5.73 Å². The molecule has 0 saturated heterocycles. The van der Waals surface area contributed by atoms with Crippen LogP contribution in [0.15, 0.2) is 49.3 Å². The smallest absolute Gasteiger partial charge is 0.166 e. The Balaban J connectivity index is 2.15. The lowest BCUT2D eigenvalue weighted by Gasteiger charge is -2.03. The molecule has 0 amide bonds. The number of nitrogens with zero attached hydrogens (tertiary/aromatic N) is 2. The minimum atomic E-state index is -0.180. The van der Waals surface area contributed by atoms with Crippen LogP contribution in [0.2, 0.25) is 0 Å². The van der Waals surface area contributed by atoms with Crippen molar-refractivity contribution in [2.45, 2.75) is 13.1 Å². The Bertz CT molecular complexity index is 767. The van der Waals surface area contributed by atoms with Gasteiger partial charge in [-0.2, -0.15) is 0 Å². The van der Waals surface area contributed by atoms with E-state index in [4.69, 9.17) is 5.73 Å². The number of fused-ring (bicyclic) bond motifs is 1. The van der Waals surface area contributed by atoms with Gasteiger partial charge in [-0.25, -0.2) is 0 Å². The molecule has 96 valence electrons. The zero-order chi connectivity index (χ0) is 13.6. The highest BCUT2D eigenvalue weighted by atomic mass is 79.9. The van der Waals surface area contributed by atoms with Crippen LogP contribution in [-0.2, 0) is 0 Å². The normalized spacial score (nSPS) is 16.7. The molecule has 0 saturated carbocycles. The van der Waals surface area contributed by atoms with E-state index < -0.39 is 0 Å². The van der Waals surface area contributed by atoms with Crippen molar-refractivity contribution in [3.63, 3.8) is 0 Å². The first-order valence-corrected chi connectivity index (χ1v) is 7.40. The average Bonchev–Trinajstić information content (AvgIpc) is 2.81. The Morgan fingerprint density at radius 2 is 1.79 bits per heavy atom. The lowest BCUT2D eigenvalue weighted by atomic mass is 10.2. The summed E-state index contributed by atoms with van der Waals surface area (Å²) in [5, 5.41) is 1.74. The van der Waals surface area contributed by atoms with Gasteiger partial charge in [0, 0.05) is 4.47 Å². The predicted octanol–water partition coefficient (Wildman–Crippen LogP) is 3.05. The molecule has 2 aromatic rings. The number of hydrogen-bond acceptors (Lipinski definition) is 3. The Morgan fingerprint density at radius 3 is 2.47 bits per heavy atom. The van der Waals surface area contributed by atoms with Gasteiger partial charge in [0.2, 0.25) is 0 Å². The number of halogens is 2. The topological polar surface area (TPSA) is 50.7 Å². The van der Waals surface area contributed by atoms with Crippen LogP contribution in [0.1, 0.15) is 17.3 Å². The van der Waals surface area contributed by atoms with E-state index in [2.05, 4.69) is 41.8 Å². The van der Waals surface area contributed by atoms with Gasteiger partial charge in [0.25, 0.3) is 0 Å². The number of benzene rings is 2. The maximum atomic E-state index is 6.00. The first kappa shape index (κ1) is 12.8. The van der Waals surface area contributed by atoms with Crippen molar-refractivity contribution in [1.82, 2.24) is 0 Å². The van der Waals surface area contributed by atoms with Crippen molar-refractivity contribution in [2.75, 3.05) is 5.73 Å². The van der Waals surface area contributed by atoms with E-state index in [1.807, 2.05) is 37.3 Å². The minimum Gasteiger partial charge on any atom is -0.398 e. The summed E-state index contributed by atoms with van der Waals surface area (Å²) in [5.41, 5.74) is 8.82. The molecule has 0 aromatic heterocycles. The highest BCUT2D eigenvalue weighted by Crippen LogP contribution is 2.24. The summed E-state index contributed by atoms with van der Waals surface area (Å²) in [6, 6.07) is 10.0. The van der Waals surface area contributed by atoms with Crippen LogP contribution in [0.5, 0.6) is 0 Å². The van der Waals surface area contributed by atoms with Crippen molar-refractivity contribution in [2.24, 2.45) is 9.98 Å². The van der Waals surface area contributed by atoms with Crippen LogP contribution in [0.25, 0.3) is 0 Å². The number of hydrogen-bond donors (Lipinski definition) is 1. The van der Waals surface area contributed by atoms with E-state index in [1.54, 1.807) is 0 Å². The number of nitrogens with two attached hydrogens (primary N) is 1. The summed E-state index contributed by atoms with van der Waals surface area (Å²) in [7, 11) is 0. The van der Waals surface area contributed by atoms with Crippen LogP contribution in [0, 0.1) is 6.92 Å². The summed E-state index contributed by atoms with van der Waals surface area (Å²) in [6.45, 7) is 1.98. The van der Waals surface area contributed by atoms with Gasteiger partial charge in [-0.15, -0.1) is 0 Å². The summed E-state index contributed by atoms with van der Waals surface area (Å²) in [5.74, 6) is 0. The van der Waals surface area contributed by atoms with Crippen LogP contribution in [0.4, 0.5) is 5.69 Å². The first-order valence-electron chi connectivity index (χ1n) is 5.82. The molecule has 2 aromatic carbocycles. The van der Waals surface area contributed by atoms with E-state index in [0.717, 1.165) is 36.5 Å². The zero-order valence-corrected chi connectivity index (χ0v) is 13.4. The van der Waals surface area contributed by atoms with Crippen molar-refractivity contribution in [1.29, 1.82) is 0 Å². The second-order valence-corrected chi connectivity index (χ2v) is 6.18. The third-order valence-electron chi connectivity index (χ3n) is 3.15. The SMILES string of the molecule is Cc1cc2c(c(Br)c1N)=N[C@H](c1ccc(Br)cc1)N=2. The molecule has 0 bridgehead atoms. The fourth-order valence-electron chi connectivity index (χ4n) is 2.05. The summed E-state index contributed by atoms with van der Waals surface area (Å²) < 4.78 is 1.89. The van der Waals surface area contributed by atoms with Crippen molar-refractivity contribution in [3.05, 3.63) is 61.1 Å². The van der Waals surface area contributed by atoms with Gasteiger partial charge in [-0.3, -0.25) is 9.98 Å². The Hall–Kier alpha value is -1.20. The van der Waals surface area contributed by atoms with Crippen LogP contribution in [0.3, 0.4) is 0 Å². The molecule has 3 nitrogen and oxygen atoms in total. The molecule has 0 aliphatic carbocycles. The van der Waals surface area contributed by atoms with Gasteiger partial charge in [0.15, 0.2) is 6.17 Å². The Kier molecular flexibility index (Phi) is 3.19. The molecular weight excluding hydrogens is 370 g/mol. The van der Waals surface area contributed by atoms with Gasteiger partial charge >= 0.3 is 0 Å². The van der Waals surface area contributed by atoms with E-state index >= 15 is 0 Å². The molecule has 0 fully saturated rings. The number of rotatable bonds is 1. The van der Waals surface area contributed by atoms with Crippen LogP contribution < -0.4 is 16.4 Å². The molecular formula is C14H11Br2N3. The van der Waals surface area contributed by atoms with Crippen LogP contribution >= 0.6 is 31.9 Å². The second-order valence-electron chi connectivity index (χ2n) is 4.47. The maximum absolute atomic E-state index is 6.00. The number of nitrogen functional groups attached to an aromatic ring is 1. The van der Waals surface area contributed by atoms with Gasteiger partial charge in [-0.1, -0.05) is 28.1 Å². The third kappa shape index (κ3) is 2.21. The van der Waals surface area contributed by atoms with Gasteiger partial charge in [-0.05, 0) is 52.2 Å². The first-order chi connectivity index (χ1) is 9.06. The van der Waals surface area contributed by atoms with E-state index in [9.17, 15) is 0 Å².